The van der Waals surface area contributed by atoms with Gasteiger partial charge in [0.05, 0.1) is 5.56 Å². The molecule has 1 aromatic carbocycles. The van der Waals surface area contributed by atoms with Gasteiger partial charge < -0.3 is 4.90 Å². The third-order valence-corrected chi connectivity index (χ3v) is 8.68. The molecule has 6 nitrogen and oxygen atoms in total. The molecule has 0 N–H and O–H groups in total. The smallest absolute Gasteiger partial charge is 0.256 e. The van der Waals surface area contributed by atoms with Gasteiger partial charge in [-0.15, -0.1) is 0 Å². The Balaban J connectivity index is 1.38. The summed E-state index contributed by atoms with van der Waals surface area (Å²) < 4.78 is 0. The van der Waals surface area contributed by atoms with Gasteiger partial charge in [0, 0.05) is 65.5 Å². The Morgan fingerprint density at radius 3 is 2.53 bits per heavy atom. The number of rotatable bonds is 4. The van der Waals surface area contributed by atoms with Crippen LogP contribution in [-0.4, -0.2) is 61.9 Å². The minimum Gasteiger partial charge on any atom is -0.330 e. The van der Waals surface area contributed by atoms with Crippen LogP contribution in [0, 0.1) is 5.41 Å². The number of amides is 1. The summed E-state index contributed by atoms with van der Waals surface area (Å²) in [4.78, 5) is 31.7. The molecule has 3 fully saturated rings. The van der Waals surface area contributed by atoms with Gasteiger partial charge in [-0.1, -0.05) is 37.3 Å². The summed E-state index contributed by atoms with van der Waals surface area (Å²) in [6.07, 6.45) is 14.1. The lowest BCUT2D eigenvalue weighted by Crippen LogP contribution is -2.59. The van der Waals surface area contributed by atoms with Crippen molar-refractivity contribution < 1.29 is 4.79 Å². The molecule has 6 heteroatoms. The normalized spacial score (nSPS) is 30.4. The van der Waals surface area contributed by atoms with Crippen molar-refractivity contribution in [2.75, 3.05) is 7.05 Å². The summed E-state index contributed by atoms with van der Waals surface area (Å²) in [7, 11) is 2.29. The number of piperidine rings is 1. The van der Waals surface area contributed by atoms with Crippen LogP contribution in [-0.2, 0) is 6.42 Å². The van der Waals surface area contributed by atoms with E-state index in [0.717, 1.165) is 30.4 Å². The number of hydrogen-bond donors (Lipinski definition) is 0. The van der Waals surface area contributed by atoms with E-state index in [1.165, 1.54) is 24.7 Å². The van der Waals surface area contributed by atoms with Crippen molar-refractivity contribution in [3.05, 3.63) is 78.6 Å². The summed E-state index contributed by atoms with van der Waals surface area (Å²) in [5, 5.41) is 0. The predicted octanol–water partition coefficient (Wildman–Crippen LogP) is 4.24. The minimum atomic E-state index is 0.110. The zero-order valence-corrected chi connectivity index (χ0v) is 19.8. The molecule has 34 heavy (non-hydrogen) atoms. The van der Waals surface area contributed by atoms with Gasteiger partial charge in [0.15, 0.2) is 0 Å². The molecule has 2 aliphatic heterocycles. The molecule has 1 saturated carbocycles. The van der Waals surface area contributed by atoms with Crippen LogP contribution in [0.4, 0.5) is 0 Å². The summed E-state index contributed by atoms with van der Waals surface area (Å²) in [6.45, 7) is 2.42. The summed E-state index contributed by atoms with van der Waals surface area (Å²) in [6, 6.07) is 14.0. The SMILES string of the molecule is CN1[C@H](Cc2ccccc2)[C@@H]2C[C@@]3(C)[C@H](CCC[C@@H]13)N2C(=O)c1cncc(-c2cncnc2)c1. The number of likely N-dealkylation sites (N-methyl/N-ethyl adjacent to an activating group) is 1. The second-order valence-corrected chi connectivity index (χ2v) is 10.5. The Bertz CT molecular complexity index is 1190. The third-order valence-electron chi connectivity index (χ3n) is 8.68. The van der Waals surface area contributed by atoms with Crippen molar-refractivity contribution in [1.29, 1.82) is 0 Å². The molecule has 4 heterocycles. The van der Waals surface area contributed by atoms with Crippen LogP contribution in [0.15, 0.2) is 67.5 Å². The number of aromatic nitrogens is 3. The molecule has 5 atom stereocenters. The van der Waals surface area contributed by atoms with Crippen LogP contribution in [0.5, 0.6) is 0 Å². The number of benzene rings is 1. The van der Waals surface area contributed by atoms with Crippen molar-refractivity contribution in [3.63, 3.8) is 0 Å². The van der Waals surface area contributed by atoms with Gasteiger partial charge in [0.2, 0.25) is 0 Å². The maximum absolute atomic E-state index is 14.2. The number of pyridine rings is 1. The predicted molar refractivity (Wildman–Crippen MR) is 131 cm³/mol. The second-order valence-electron chi connectivity index (χ2n) is 10.5. The first-order valence-corrected chi connectivity index (χ1v) is 12.4. The van der Waals surface area contributed by atoms with Gasteiger partial charge in [-0.2, -0.15) is 0 Å². The van der Waals surface area contributed by atoms with E-state index in [2.05, 4.69) is 69.1 Å². The van der Waals surface area contributed by atoms with E-state index in [1.54, 1.807) is 24.8 Å². The Morgan fingerprint density at radius 1 is 1.00 bits per heavy atom. The van der Waals surface area contributed by atoms with Crippen LogP contribution in [0.25, 0.3) is 11.1 Å². The summed E-state index contributed by atoms with van der Waals surface area (Å²) in [5.41, 5.74) is 3.87. The van der Waals surface area contributed by atoms with E-state index in [4.69, 9.17) is 0 Å². The number of carbonyl (C=O) groups is 1. The maximum atomic E-state index is 14.2. The van der Waals surface area contributed by atoms with E-state index in [1.807, 2.05) is 6.07 Å². The van der Waals surface area contributed by atoms with Crippen LogP contribution in [0.1, 0.15) is 48.5 Å². The third kappa shape index (κ3) is 3.35. The fraction of sp³-hybridized carbons (Fsp3) is 0.429. The quantitative estimate of drug-likeness (QED) is 0.591. The molecule has 0 radical (unpaired) electrons. The van der Waals surface area contributed by atoms with Gasteiger partial charge in [-0.25, -0.2) is 9.97 Å². The lowest BCUT2D eigenvalue weighted by Gasteiger charge is -2.51. The van der Waals surface area contributed by atoms with E-state index in [0.29, 0.717) is 17.6 Å². The van der Waals surface area contributed by atoms with Crippen molar-refractivity contribution in [2.45, 2.75) is 63.2 Å². The van der Waals surface area contributed by atoms with Crippen LogP contribution >= 0.6 is 0 Å². The summed E-state index contributed by atoms with van der Waals surface area (Å²) in [5.74, 6) is 0.110. The highest BCUT2D eigenvalue weighted by Gasteiger charge is 2.62. The number of carbonyl (C=O) groups excluding carboxylic acids is 1. The van der Waals surface area contributed by atoms with Crippen molar-refractivity contribution >= 4 is 5.91 Å². The van der Waals surface area contributed by atoms with E-state index < -0.39 is 0 Å². The van der Waals surface area contributed by atoms with Gasteiger partial charge >= 0.3 is 0 Å². The first-order valence-electron chi connectivity index (χ1n) is 12.4. The van der Waals surface area contributed by atoms with Gasteiger partial charge in [0.25, 0.3) is 5.91 Å². The van der Waals surface area contributed by atoms with E-state index in [9.17, 15) is 4.79 Å². The van der Waals surface area contributed by atoms with Gasteiger partial charge in [-0.3, -0.25) is 14.7 Å². The lowest BCUT2D eigenvalue weighted by atomic mass is 9.64. The van der Waals surface area contributed by atoms with Crippen LogP contribution in [0.2, 0.25) is 0 Å². The Labute approximate surface area is 201 Å². The molecule has 2 saturated heterocycles. The average Bonchev–Trinajstić information content (AvgIpc) is 3.19. The van der Waals surface area contributed by atoms with Crippen LogP contribution in [0.3, 0.4) is 0 Å². The number of nitrogens with zero attached hydrogens (tertiary/aromatic N) is 5. The molecular weight excluding hydrogens is 422 g/mol. The molecule has 2 aromatic heterocycles. The largest absolute Gasteiger partial charge is 0.330 e. The van der Waals surface area contributed by atoms with E-state index >= 15 is 0 Å². The fourth-order valence-corrected chi connectivity index (χ4v) is 7.13. The molecule has 0 spiro atoms. The number of likely N-dealkylation sites (tertiary alicyclic amines) is 2. The molecular formula is C28H31N5O. The Hall–Kier alpha value is -3.12. The first-order chi connectivity index (χ1) is 16.6. The highest BCUT2D eigenvalue weighted by molar-refractivity contribution is 5.96. The molecule has 174 valence electrons. The van der Waals surface area contributed by atoms with Crippen molar-refractivity contribution in [3.8, 4) is 11.1 Å². The molecule has 1 amide bonds. The number of fused-ring (bicyclic) bond motifs is 1. The second kappa shape index (κ2) is 8.27. The van der Waals surface area contributed by atoms with Crippen molar-refractivity contribution in [2.24, 2.45) is 5.41 Å². The first kappa shape index (κ1) is 21.4. The van der Waals surface area contributed by atoms with Gasteiger partial charge in [0.1, 0.15) is 6.33 Å². The van der Waals surface area contributed by atoms with Gasteiger partial charge in [-0.05, 0) is 50.8 Å². The highest BCUT2D eigenvalue weighted by atomic mass is 16.2. The molecule has 3 aromatic rings. The number of hydrogen-bond acceptors (Lipinski definition) is 5. The molecule has 2 bridgehead atoms. The lowest BCUT2D eigenvalue weighted by molar-refractivity contribution is -0.00397. The van der Waals surface area contributed by atoms with E-state index in [-0.39, 0.29) is 23.4 Å². The molecule has 6 rings (SSSR count). The molecule has 3 aliphatic rings. The summed E-state index contributed by atoms with van der Waals surface area (Å²) >= 11 is 0. The average molecular weight is 454 g/mol. The van der Waals surface area contributed by atoms with Crippen LogP contribution < -0.4 is 0 Å². The highest BCUT2D eigenvalue weighted by Crippen LogP contribution is 2.56. The fourth-order valence-electron chi connectivity index (χ4n) is 7.13. The maximum Gasteiger partial charge on any atom is 0.256 e. The monoisotopic (exact) mass is 453 g/mol. The topological polar surface area (TPSA) is 62.2 Å². The molecule has 0 unspecified atom stereocenters. The van der Waals surface area contributed by atoms with Crippen molar-refractivity contribution in [1.82, 2.24) is 24.8 Å². The minimum absolute atomic E-state index is 0.110. The zero-order chi connectivity index (χ0) is 23.3. The standard InChI is InChI=1S/C28H31N5O/c1-28-13-24-23(11-19-7-4-3-5-8-19)32(2)25(28)9-6-10-26(28)33(24)27(34)21-12-20(14-29-15-21)22-16-30-18-31-17-22/h3-5,7-8,12,14-18,23-26H,6,9-11,13H2,1-2H3/t23-,24+,25-,26+,28-/m1/s1. The zero-order valence-electron chi connectivity index (χ0n) is 19.8. The Kier molecular flexibility index (Phi) is 5.21. The Morgan fingerprint density at radius 2 is 1.74 bits per heavy atom. The molecule has 1 aliphatic carbocycles.